The van der Waals surface area contributed by atoms with Gasteiger partial charge >= 0.3 is 0 Å². The lowest BCUT2D eigenvalue weighted by molar-refractivity contribution is -0.384. The number of benzene rings is 2. The summed E-state index contributed by atoms with van der Waals surface area (Å²) in [5, 5.41) is 13.6. The number of non-ortho nitro benzene ring substituents is 1. The van der Waals surface area contributed by atoms with Crippen molar-refractivity contribution < 1.29 is 9.72 Å². The Kier molecular flexibility index (Phi) is 4.29. The first-order valence-electron chi connectivity index (χ1n) is 8.48. The Hall–Kier alpha value is -4.07. The van der Waals surface area contributed by atoms with Crippen molar-refractivity contribution in [1.82, 2.24) is 14.4 Å². The van der Waals surface area contributed by atoms with Crippen molar-refractivity contribution >= 4 is 23.1 Å². The number of imidazole rings is 1. The number of aromatic nitrogens is 3. The van der Waals surface area contributed by atoms with Crippen LogP contribution in [0.1, 0.15) is 16.1 Å². The molecule has 0 spiro atoms. The first kappa shape index (κ1) is 17.3. The van der Waals surface area contributed by atoms with Gasteiger partial charge in [-0.1, -0.05) is 18.2 Å². The van der Waals surface area contributed by atoms with Gasteiger partial charge in [0.25, 0.3) is 11.6 Å². The summed E-state index contributed by atoms with van der Waals surface area (Å²) in [5.74, 6) is 0.210. The van der Waals surface area contributed by atoms with Crippen molar-refractivity contribution in [1.29, 1.82) is 0 Å². The van der Waals surface area contributed by atoms with Crippen LogP contribution in [0.4, 0.5) is 11.4 Å². The minimum atomic E-state index is -0.531. The van der Waals surface area contributed by atoms with E-state index in [1.807, 2.05) is 41.9 Å². The van der Waals surface area contributed by atoms with E-state index in [0.29, 0.717) is 11.5 Å². The SMILES string of the molecule is Cc1ccn2cc(-c3ccc(NC(=O)c4cccc([N+](=O)[O-])c4)cc3)nc2n1. The van der Waals surface area contributed by atoms with Gasteiger partial charge in [0.2, 0.25) is 5.78 Å². The average molecular weight is 373 g/mol. The highest BCUT2D eigenvalue weighted by molar-refractivity contribution is 6.04. The van der Waals surface area contributed by atoms with E-state index < -0.39 is 10.8 Å². The van der Waals surface area contributed by atoms with E-state index in [4.69, 9.17) is 0 Å². The summed E-state index contributed by atoms with van der Waals surface area (Å²) < 4.78 is 1.85. The summed E-state index contributed by atoms with van der Waals surface area (Å²) in [6, 6.07) is 14.7. The average Bonchev–Trinajstić information content (AvgIpc) is 3.11. The molecule has 8 nitrogen and oxygen atoms in total. The van der Waals surface area contributed by atoms with Gasteiger partial charge in [0.05, 0.1) is 10.6 Å². The zero-order chi connectivity index (χ0) is 19.7. The summed E-state index contributed by atoms with van der Waals surface area (Å²) in [5.41, 5.74) is 3.23. The maximum atomic E-state index is 12.3. The van der Waals surface area contributed by atoms with E-state index in [0.717, 1.165) is 17.0 Å². The number of aryl methyl sites for hydroxylation is 1. The number of anilines is 1. The van der Waals surface area contributed by atoms with Crippen LogP contribution >= 0.6 is 0 Å². The van der Waals surface area contributed by atoms with Crippen LogP contribution < -0.4 is 5.32 Å². The molecule has 0 fully saturated rings. The van der Waals surface area contributed by atoms with E-state index >= 15 is 0 Å². The third-order valence-corrected chi connectivity index (χ3v) is 4.22. The second-order valence-electron chi connectivity index (χ2n) is 6.24. The van der Waals surface area contributed by atoms with E-state index in [2.05, 4.69) is 15.3 Å². The number of rotatable bonds is 4. The first-order valence-corrected chi connectivity index (χ1v) is 8.48. The topological polar surface area (TPSA) is 102 Å². The van der Waals surface area contributed by atoms with E-state index in [-0.39, 0.29) is 11.3 Å². The van der Waals surface area contributed by atoms with Crippen LogP contribution in [0.25, 0.3) is 17.0 Å². The largest absolute Gasteiger partial charge is 0.322 e. The summed E-state index contributed by atoms with van der Waals surface area (Å²) in [6.07, 6.45) is 3.79. The maximum Gasteiger partial charge on any atom is 0.270 e. The number of nitrogens with zero attached hydrogens (tertiary/aromatic N) is 4. The highest BCUT2D eigenvalue weighted by atomic mass is 16.6. The van der Waals surface area contributed by atoms with Crippen molar-refractivity contribution in [2.75, 3.05) is 5.32 Å². The number of nitro benzene ring substituents is 1. The molecule has 138 valence electrons. The molecular formula is C20H15N5O3. The van der Waals surface area contributed by atoms with Gasteiger partial charge in [-0.25, -0.2) is 9.97 Å². The molecule has 0 saturated carbocycles. The summed E-state index contributed by atoms with van der Waals surface area (Å²) in [7, 11) is 0. The van der Waals surface area contributed by atoms with Gasteiger partial charge in [-0.15, -0.1) is 0 Å². The lowest BCUT2D eigenvalue weighted by atomic mass is 10.1. The highest BCUT2D eigenvalue weighted by Gasteiger charge is 2.12. The van der Waals surface area contributed by atoms with E-state index in [1.165, 1.54) is 24.3 Å². The van der Waals surface area contributed by atoms with Crippen LogP contribution in [0, 0.1) is 17.0 Å². The predicted molar refractivity (Wildman–Crippen MR) is 104 cm³/mol. The first-order chi connectivity index (χ1) is 13.5. The fourth-order valence-electron chi connectivity index (χ4n) is 2.79. The summed E-state index contributed by atoms with van der Waals surface area (Å²) >= 11 is 0. The monoisotopic (exact) mass is 373 g/mol. The minimum absolute atomic E-state index is 0.126. The molecule has 0 radical (unpaired) electrons. The van der Waals surface area contributed by atoms with Gasteiger partial charge in [0.15, 0.2) is 0 Å². The molecule has 0 unspecified atom stereocenters. The van der Waals surface area contributed by atoms with Gasteiger partial charge in [0.1, 0.15) is 0 Å². The number of hydrogen-bond donors (Lipinski definition) is 1. The molecule has 8 heteroatoms. The van der Waals surface area contributed by atoms with Crippen LogP contribution in [0.2, 0.25) is 0 Å². The minimum Gasteiger partial charge on any atom is -0.322 e. The number of carbonyl (C=O) groups is 1. The van der Waals surface area contributed by atoms with Gasteiger partial charge in [-0.2, -0.15) is 0 Å². The Balaban J connectivity index is 1.53. The van der Waals surface area contributed by atoms with Gasteiger partial charge in [-0.3, -0.25) is 19.3 Å². The summed E-state index contributed by atoms with van der Waals surface area (Å²) in [6.45, 7) is 1.91. The van der Waals surface area contributed by atoms with E-state index in [9.17, 15) is 14.9 Å². The standard InChI is InChI=1S/C20H15N5O3/c1-13-9-10-24-12-18(23-20(24)21-13)14-5-7-16(8-6-14)22-19(26)15-3-2-4-17(11-15)25(27)28/h2-12H,1H3,(H,22,26). The number of fused-ring (bicyclic) bond motifs is 1. The zero-order valence-corrected chi connectivity index (χ0v) is 14.9. The van der Waals surface area contributed by atoms with Crippen LogP contribution in [0.15, 0.2) is 67.0 Å². The number of amides is 1. The zero-order valence-electron chi connectivity index (χ0n) is 14.9. The Labute approximate surface area is 159 Å². The van der Waals surface area contributed by atoms with Gasteiger partial charge in [0, 0.05) is 47.0 Å². The molecule has 1 N–H and O–H groups in total. The quantitative estimate of drug-likeness (QED) is 0.432. The fraction of sp³-hybridized carbons (Fsp3) is 0.0500. The van der Waals surface area contributed by atoms with Crippen LogP contribution in [-0.2, 0) is 0 Å². The molecule has 0 atom stereocenters. The molecule has 2 aromatic heterocycles. The summed E-state index contributed by atoms with van der Waals surface area (Å²) in [4.78, 5) is 31.5. The Morgan fingerprint density at radius 3 is 2.64 bits per heavy atom. The third kappa shape index (κ3) is 3.43. The Bertz CT molecular complexity index is 1200. The van der Waals surface area contributed by atoms with Crippen molar-refractivity contribution in [2.45, 2.75) is 6.92 Å². The number of nitrogens with one attached hydrogen (secondary N) is 1. The van der Waals surface area contributed by atoms with Crippen molar-refractivity contribution in [2.24, 2.45) is 0 Å². The lowest BCUT2D eigenvalue weighted by Crippen LogP contribution is -2.11. The molecule has 2 aromatic carbocycles. The molecule has 0 saturated heterocycles. The fourth-order valence-corrected chi connectivity index (χ4v) is 2.79. The predicted octanol–water partition coefficient (Wildman–Crippen LogP) is 3.87. The number of carbonyl (C=O) groups excluding carboxylic acids is 1. The molecule has 0 aliphatic carbocycles. The second kappa shape index (κ2) is 6.92. The normalized spacial score (nSPS) is 10.8. The molecule has 1 amide bonds. The van der Waals surface area contributed by atoms with Crippen molar-refractivity contribution in [3.05, 3.63) is 88.4 Å². The number of hydrogen-bond acceptors (Lipinski definition) is 5. The van der Waals surface area contributed by atoms with Crippen LogP contribution in [-0.4, -0.2) is 25.2 Å². The smallest absolute Gasteiger partial charge is 0.270 e. The Morgan fingerprint density at radius 2 is 1.89 bits per heavy atom. The maximum absolute atomic E-state index is 12.3. The van der Waals surface area contributed by atoms with Gasteiger partial charge < -0.3 is 5.32 Å². The number of nitro groups is 1. The molecule has 28 heavy (non-hydrogen) atoms. The van der Waals surface area contributed by atoms with Crippen molar-refractivity contribution in [3.8, 4) is 11.3 Å². The van der Waals surface area contributed by atoms with Crippen molar-refractivity contribution in [3.63, 3.8) is 0 Å². The van der Waals surface area contributed by atoms with Crippen LogP contribution in [0.3, 0.4) is 0 Å². The van der Waals surface area contributed by atoms with Crippen LogP contribution in [0.5, 0.6) is 0 Å². The molecular weight excluding hydrogens is 358 g/mol. The lowest BCUT2D eigenvalue weighted by Gasteiger charge is -2.06. The molecule has 4 rings (SSSR count). The van der Waals surface area contributed by atoms with E-state index in [1.54, 1.807) is 12.1 Å². The highest BCUT2D eigenvalue weighted by Crippen LogP contribution is 2.22. The molecule has 4 aromatic rings. The third-order valence-electron chi connectivity index (χ3n) is 4.22. The molecule has 0 aliphatic heterocycles. The van der Waals surface area contributed by atoms with Gasteiger partial charge in [-0.05, 0) is 31.2 Å². The molecule has 0 aliphatic rings. The molecule has 2 heterocycles. The Morgan fingerprint density at radius 1 is 1.11 bits per heavy atom. The molecule has 0 bridgehead atoms. The second-order valence-corrected chi connectivity index (χ2v) is 6.24.